The van der Waals surface area contributed by atoms with Crippen LogP contribution < -0.4 is 0 Å². The Labute approximate surface area is 137 Å². The van der Waals surface area contributed by atoms with Crippen molar-refractivity contribution in [3.63, 3.8) is 0 Å². The zero-order valence-corrected chi connectivity index (χ0v) is 14.4. The molecular weight excluding hydrogens is 272 g/mol. The van der Waals surface area contributed by atoms with Gasteiger partial charge in [-0.2, -0.15) is 0 Å². The zero-order valence-electron chi connectivity index (χ0n) is 14.4. The van der Waals surface area contributed by atoms with Gasteiger partial charge in [0.2, 0.25) is 0 Å². The van der Waals surface area contributed by atoms with Gasteiger partial charge in [-0.05, 0) is 31.4 Å². The fourth-order valence-electron chi connectivity index (χ4n) is 2.31. The maximum absolute atomic E-state index is 10.3. The molecule has 0 aromatic rings. The first-order valence-corrected chi connectivity index (χ1v) is 9.05. The van der Waals surface area contributed by atoms with Gasteiger partial charge in [0.05, 0.1) is 0 Å². The smallest absolute Gasteiger partial charge is 0.303 e. The van der Waals surface area contributed by atoms with Crippen molar-refractivity contribution in [1.29, 1.82) is 0 Å². The van der Waals surface area contributed by atoms with E-state index in [9.17, 15) is 4.79 Å². The molecule has 0 spiro atoms. The summed E-state index contributed by atoms with van der Waals surface area (Å²) in [5.74, 6) is -0.745. The topological polar surface area (TPSA) is 37.3 Å². The molecule has 2 nitrogen and oxygen atoms in total. The Morgan fingerprint density at radius 2 is 1.50 bits per heavy atom. The largest absolute Gasteiger partial charge is 0.481 e. The number of unbranched alkanes of at least 4 members (excludes halogenated alkanes) is 10. The molecule has 0 saturated heterocycles. The van der Waals surface area contributed by atoms with Crippen LogP contribution in [0, 0.1) is 0 Å². The third-order valence-corrected chi connectivity index (χ3v) is 3.67. The SMILES string of the molecule is CCCCCCCCCCCCC=C=C/C=C/CCC(=O)O. The number of aliphatic carboxylic acids is 1. The van der Waals surface area contributed by atoms with Crippen molar-refractivity contribution in [1.82, 2.24) is 0 Å². The molecule has 0 aliphatic rings. The Morgan fingerprint density at radius 3 is 2.09 bits per heavy atom. The van der Waals surface area contributed by atoms with Crippen LogP contribution in [0.25, 0.3) is 0 Å². The maximum Gasteiger partial charge on any atom is 0.303 e. The standard InChI is InChI=1S/C20H34O2/c1-2-3-4-5-6-7-8-9-10-11-12-13-14-15-16-17-18-19-20(21)22/h13,15-17H,2-12,18-19H2,1H3,(H,21,22)/b17-16+. The van der Waals surface area contributed by atoms with E-state index in [4.69, 9.17) is 5.11 Å². The summed E-state index contributed by atoms with van der Waals surface area (Å²) in [4.78, 5) is 10.3. The van der Waals surface area contributed by atoms with Gasteiger partial charge in [-0.3, -0.25) is 4.79 Å². The van der Waals surface area contributed by atoms with E-state index < -0.39 is 5.97 Å². The van der Waals surface area contributed by atoms with Gasteiger partial charge in [0.15, 0.2) is 0 Å². The van der Waals surface area contributed by atoms with Crippen LogP contribution in [0.1, 0.15) is 90.4 Å². The number of allylic oxidation sites excluding steroid dienone is 3. The molecule has 0 fully saturated rings. The van der Waals surface area contributed by atoms with E-state index in [0.29, 0.717) is 6.42 Å². The summed E-state index contributed by atoms with van der Waals surface area (Å²) in [6, 6.07) is 0. The highest BCUT2D eigenvalue weighted by Crippen LogP contribution is 2.11. The molecule has 0 aliphatic carbocycles. The Bertz CT molecular complexity index is 336. The van der Waals surface area contributed by atoms with Crippen molar-refractivity contribution in [3.05, 3.63) is 30.0 Å². The van der Waals surface area contributed by atoms with Crippen molar-refractivity contribution in [2.75, 3.05) is 0 Å². The van der Waals surface area contributed by atoms with Crippen molar-refractivity contribution < 1.29 is 9.90 Å². The van der Waals surface area contributed by atoms with Crippen molar-refractivity contribution >= 4 is 5.97 Å². The molecule has 0 atom stereocenters. The van der Waals surface area contributed by atoms with E-state index in [1.807, 2.05) is 18.2 Å². The summed E-state index contributed by atoms with van der Waals surface area (Å²) >= 11 is 0. The molecule has 0 saturated carbocycles. The fourth-order valence-corrected chi connectivity index (χ4v) is 2.31. The summed E-state index contributed by atoms with van der Waals surface area (Å²) in [5.41, 5.74) is 3.12. The second-order valence-corrected chi connectivity index (χ2v) is 5.87. The number of rotatable bonds is 15. The molecule has 1 N–H and O–H groups in total. The fraction of sp³-hybridized carbons (Fsp3) is 0.700. The lowest BCUT2D eigenvalue weighted by Gasteiger charge is -2.00. The molecule has 0 aromatic carbocycles. The van der Waals surface area contributed by atoms with Crippen molar-refractivity contribution in [2.45, 2.75) is 90.4 Å². The summed E-state index contributed by atoms with van der Waals surface area (Å²) in [6.07, 6.45) is 23.3. The molecular formula is C20H34O2. The number of carbonyl (C=O) groups is 1. The van der Waals surface area contributed by atoms with Crippen LogP contribution >= 0.6 is 0 Å². The summed E-state index contributed by atoms with van der Waals surface area (Å²) in [5, 5.41) is 8.47. The predicted octanol–water partition coefficient (Wildman–Crippen LogP) is 6.43. The van der Waals surface area contributed by atoms with Crippen molar-refractivity contribution in [2.24, 2.45) is 0 Å². The average Bonchev–Trinajstić information content (AvgIpc) is 2.50. The Kier molecular flexibility index (Phi) is 16.8. The number of carboxylic acid groups (broad SMARTS) is 1. The molecule has 0 rings (SSSR count). The average molecular weight is 306 g/mol. The van der Waals surface area contributed by atoms with Crippen LogP contribution in [-0.4, -0.2) is 11.1 Å². The highest BCUT2D eigenvalue weighted by Gasteiger charge is 1.92. The van der Waals surface area contributed by atoms with E-state index in [2.05, 4.69) is 18.7 Å². The summed E-state index contributed by atoms with van der Waals surface area (Å²) in [6.45, 7) is 2.26. The van der Waals surface area contributed by atoms with Crippen LogP contribution in [0.4, 0.5) is 0 Å². The van der Waals surface area contributed by atoms with E-state index in [0.717, 1.165) is 6.42 Å². The zero-order chi connectivity index (χ0) is 16.3. The van der Waals surface area contributed by atoms with E-state index >= 15 is 0 Å². The van der Waals surface area contributed by atoms with Crippen LogP contribution in [0.2, 0.25) is 0 Å². The molecule has 0 amide bonds. The quantitative estimate of drug-likeness (QED) is 0.215. The van der Waals surface area contributed by atoms with Crippen LogP contribution in [0.3, 0.4) is 0 Å². The van der Waals surface area contributed by atoms with Gasteiger partial charge in [-0.15, -0.1) is 5.73 Å². The summed E-state index contributed by atoms with van der Waals surface area (Å²) in [7, 11) is 0. The molecule has 22 heavy (non-hydrogen) atoms. The van der Waals surface area contributed by atoms with Gasteiger partial charge in [0, 0.05) is 6.42 Å². The second-order valence-electron chi connectivity index (χ2n) is 5.87. The third-order valence-electron chi connectivity index (χ3n) is 3.67. The van der Waals surface area contributed by atoms with Gasteiger partial charge >= 0.3 is 5.97 Å². The lowest BCUT2D eigenvalue weighted by molar-refractivity contribution is -0.136. The van der Waals surface area contributed by atoms with Gasteiger partial charge in [0.1, 0.15) is 0 Å². The number of hydrogen-bond acceptors (Lipinski definition) is 1. The first-order valence-electron chi connectivity index (χ1n) is 9.05. The third kappa shape index (κ3) is 18.7. The molecule has 0 aliphatic heterocycles. The first-order chi connectivity index (χ1) is 10.8. The van der Waals surface area contributed by atoms with Crippen LogP contribution in [-0.2, 0) is 4.79 Å². The van der Waals surface area contributed by atoms with Crippen LogP contribution in [0.15, 0.2) is 30.0 Å². The molecule has 0 heterocycles. The molecule has 2 heteroatoms. The normalized spacial score (nSPS) is 10.6. The Morgan fingerprint density at radius 1 is 0.909 bits per heavy atom. The molecule has 0 radical (unpaired) electrons. The molecule has 0 aromatic heterocycles. The minimum Gasteiger partial charge on any atom is -0.481 e. The van der Waals surface area contributed by atoms with E-state index in [-0.39, 0.29) is 6.42 Å². The van der Waals surface area contributed by atoms with Crippen molar-refractivity contribution in [3.8, 4) is 0 Å². The number of hydrogen-bond donors (Lipinski definition) is 1. The lowest BCUT2D eigenvalue weighted by Crippen LogP contribution is -1.91. The van der Waals surface area contributed by atoms with Gasteiger partial charge in [-0.25, -0.2) is 0 Å². The predicted molar refractivity (Wildman–Crippen MR) is 95.1 cm³/mol. The first kappa shape index (κ1) is 20.7. The lowest BCUT2D eigenvalue weighted by atomic mass is 10.1. The molecule has 126 valence electrons. The van der Waals surface area contributed by atoms with Gasteiger partial charge < -0.3 is 5.11 Å². The minimum absolute atomic E-state index is 0.201. The number of carboxylic acids is 1. The van der Waals surface area contributed by atoms with Gasteiger partial charge in [0.25, 0.3) is 0 Å². The molecule has 0 bridgehead atoms. The minimum atomic E-state index is -0.745. The monoisotopic (exact) mass is 306 g/mol. The second kappa shape index (κ2) is 17.8. The Hall–Kier alpha value is -1.27. The van der Waals surface area contributed by atoms with Gasteiger partial charge in [-0.1, -0.05) is 76.9 Å². The maximum atomic E-state index is 10.3. The Balaban J connectivity index is 3.27. The molecule has 0 unspecified atom stereocenters. The van der Waals surface area contributed by atoms with E-state index in [1.54, 1.807) is 0 Å². The van der Waals surface area contributed by atoms with Crippen LogP contribution in [0.5, 0.6) is 0 Å². The van der Waals surface area contributed by atoms with E-state index in [1.165, 1.54) is 64.2 Å². The summed E-state index contributed by atoms with van der Waals surface area (Å²) < 4.78 is 0. The highest BCUT2D eigenvalue weighted by atomic mass is 16.4. The highest BCUT2D eigenvalue weighted by molar-refractivity contribution is 5.66.